The van der Waals surface area contributed by atoms with Gasteiger partial charge < -0.3 is 15.1 Å². The van der Waals surface area contributed by atoms with Gasteiger partial charge in [0.15, 0.2) is 0 Å². The van der Waals surface area contributed by atoms with Crippen LogP contribution < -0.4 is 5.32 Å². The van der Waals surface area contributed by atoms with E-state index in [-0.39, 0.29) is 24.3 Å². The molecular weight excluding hydrogens is 461 g/mol. The first-order valence-electron chi connectivity index (χ1n) is 12.1. The quantitative estimate of drug-likeness (QED) is 0.677. The largest absolute Gasteiger partial charge is 0.416 e. The van der Waals surface area contributed by atoms with Crippen molar-refractivity contribution in [1.29, 1.82) is 0 Å². The maximum Gasteiger partial charge on any atom is 0.416 e. The minimum atomic E-state index is -4.49. The summed E-state index contributed by atoms with van der Waals surface area (Å²) in [5, 5.41) is 2.78. The summed E-state index contributed by atoms with van der Waals surface area (Å²) in [7, 11) is 0. The van der Waals surface area contributed by atoms with Crippen LogP contribution in [0.25, 0.3) is 0 Å². The Labute approximate surface area is 202 Å². The molecule has 1 N–H and O–H groups in total. The molecule has 1 saturated heterocycles. The summed E-state index contributed by atoms with van der Waals surface area (Å²) in [5.74, 6) is -0.619. The molecule has 0 radical (unpaired) electrons. The highest BCUT2D eigenvalue weighted by molar-refractivity contribution is 6.03. The van der Waals surface area contributed by atoms with E-state index < -0.39 is 29.9 Å². The number of hydrogen-bond acceptors (Lipinski definition) is 3. The molecule has 3 aliphatic heterocycles. The second-order valence-corrected chi connectivity index (χ2v) is 9.61. The number of alkyl halides is 3. The molecule has 0 saturated carbocycles. The van der Waals surface area contributed by atoms with Gasteiger partial charge in [0.05, 0.1) is 29.4 Å². The number of likely N-dealkylation sites (tertiary alicyclic amines) is 1. The van der Waals surface area contributed by atoms with Gasteiger partial charge in [0.2, 0.25) is 5.91 Å². The van der Waals surface area contributed by atoms with Crippen molar-refractivity contribution in [2.45, 2.75) is 58.3 Å². The lowest BCUT2D eigenvalue weighted by Crippen LogP contribution is -2.53. The van der Waals surface area contributed by atoms with Gasteiger partial charge in [-0.15, -0.1) is 0 Å². The van der Waals surface area contributed by atoms with Crippen LogP contribution >= 0.6 is 0 Å². The maximum atomic E-state index is 13.8. The summed E-state index contributed by atoms with van der Waals surface area (Å²) in [6.07, 6.45) is -1.56. The first kappa shape index (κ1) is 25.1. The smallest absolute Gasteiger partial charge is 0.341 e. The number of nitrogens with one attached hydrogen (secondary N) is 1. The van der Waals surface area contributed by atoms with E-state index in [0.717, 1.165) is 31.4 Å². The number of nitrogens with zero attached hydrogens (tertiary/aromatic N) is 3. The molecule has 4 rings (SSSR count). The molecule has 0 aromatic heterocycles. The van der Waals surface area contributed by atoms with E-state index >= 15 is 0 Å². The first-order valence-corrected chi connectivity index (χ1v) is 12.1. The van der Waals surface area contributed by atoms with Gasteiger partial charge in [-0.05, 0) is 49.8 Å². The van der Waals surface area contributed by atoms with Gasteiger partial charge >= 0.3 is 12.2 Å². The van der Waals surface area contributed by atoms with E-state index in [2.05, 4.69) is 5.32 Å². The fourth-order valence-electron chi connectivity index (χ4n) is 5.27. The Hall–Kier alpha value is -3.04. The highest BCUT2D eigenvalue weighted by Gasteiger charge is 2.48. The predicted molar refractivity (Wildman–Crippen MR) is 123 cm³/mol. The zero-order valence-electron chi connectivity index (χ0n) is 20.2. The van der Waals surface area contributed by atoms with Crippen molar-refractivity contribution in [3.8, 4) is 0 Å². The molecule has 3 heterocycles. The maximum absolute atomic E-state index is 13.8. The molecule has 0 aliphatic carbocycles. The van der Waals surface area contributed by atoms with Crippen LogP contribution in [0.15, 0.2) is 35.5 Å². The van der Waals surface area contributed by atoms with Crippen molar-refractivity contribution in [3.63, 3.8) is 0 Å². The Morgan fingerprint density at radius 3 is 2.26 bits per heavy atom. The second kappa shape index (κ2) is 9.54. The van der Waals surface area contributed by atoms with Crippen molar-refractivity contribution in [1.82, 2.24) is 20.0 Å². The van der Waals surface area contributed by atoms with Crippen LogP contribution in [0, 0.1) is 5.92 Å². The minimum Gasteiger partial charge on any atom is -0.341 e. The highest BCUT2D eigenvalue weighted by Crippen LogP contribution is 2.39. The van der Waals surface area contributed by atoms with Gasteiger partial charge in [0.1, 0.15) is 6.04 Å². The lowest BCUT2D eigenvalue weighted by Gasteiger charge is -2.36. The van der Waals surface area contributed by atoms with Gasteiger partial charge in [0.25, 0.3) is 5.91 Å². The minimum absolute atomic E-state index is 0.0960. The number of rotatable bonds is 5. The van der Waals surface area contributed by atoms with E-state index in [1.165, 1.54) is 21.9 Å². The van der Waals surface area contributed by atoms with E-state index in [1.54, 1.807) is 6.92 Å². The van der Waals surface area contributed by atoms with Gasteiger partial charge in [-0.1, -0.05) is 26.0 Å². The topological polar surface area (TPSA) is 73.0 Å². The molecule has 1 aromatic rings. The summed E-state index contributed by atoms with van der Waals surface area (Å²) >= 11 is 0. The van der Waals surface area contributed by atoms with Crippen molar-refractivity contribution in [3.05, 3.63) is 46.7 Å². The molecule has 0 spiro atoms. The molecule has 1 aromatic carbocycles. The Balaban J connectivity index is 1.69. The summed E-state index contributed by atoms with van der Waals surface area (Å²) in [6.45, 7) is 7.32. The molecule has 10 heteroatoms. The Morgan fingerprint density at radius 1 is 1.09 bits per heavy atom. The second-order valence-electron chi connectivity index (χ2n) is 9.61. The van der Waals surface area contributed by atoms with Crippen LogP contribution in [-0.4, -0.2) is 64.8 Å². The molecule has 0 unspecified atom stereocenters. The Bertz CT molecular complexity index is 1030. The summed E-state index contributed by atoms with van der Waals surface area (Å²) in [5.41, 5.74) is 0.388. The molecule has 35 heavy (non-hydrogen) atoms. The first-order chi connectivity index (χ1) is 16.5. The van der Waals surface area contributed by atoms with Crippen LogP contribution in [0.4, 0.5) is 18.0 Å². The molecule has 3 aliphatic rings. The number of urea groups is 1. The van der Waals surface area contributed by atoms with Crippen LogP contribution in [0.2, 0.25) is 0 Å². The summed E-state index contributed by atoms with van der Waals surface area (Å²) in [6, 6.07) is 2.47. The standard InChI is InChI=1S/C25H31F3N4O3/c1-4-31-18-14-32(21(15(2)3)23(34)30-12-6-5-7-13-30)22(33)19(18)20(29-24(31)35)16-8-10-17(11-9-16)25(26,27)28/h8-11,15,20-21H,4-7,12-14H2,1-3H3,(H,29,35)/t20-,21+/m0/s1. The third-order valence-corrected chi connectivity index (χ3v) is 7.03. The van der Waals surface area contributed by atoms with Crippen LogP contribution in [0.5, 0.6) is 0 Å². The zero-order valence-corrected chi connectivity index (χ0v) is 20.2. The van der Waals surface area contributed by atoms with Crippen LogP contribution in [0.3, 0.4) is 0 Å². The third-order valence-electron chi connectivity index (χ3n) is 7.03. The number of amides is 4. The van der Waals surface area contributed by atoms with Crippen molar-refractivity contribution in [2.24, 2.45) is 5.92 Å². The average molecular weight is 493 g/mol. The predicted octanol–water partition coefficient (Wildman–Crippen LogP) is 3.93. The number of likely N-dealkylation sites (N-methyl/N-ethyl adjacent to an activating group) is 1. The van der Waals surface area contributed by atoms with Crippen LogP contribution in [0.1, 0.15) is 57.2 Å². The van der Waals surface area contributed by atoms with Gasteiger partial charge in [-0.25, -0.2) is 4.79 Å². The van der Waals surface area contributed by atoms with E-state index in [9.17, 15) is 27.6 Å². The number of halogens is 3. The Morgan fingerprint density at radius 2 is 1.71 bits per heavy atom. The van der Waals surface area contributed by atoms with Gasteiger partial charge in [-0.3, -0.25) is 14.5 Å². The normalized spacial score (nSPS) is 22.0. The molecule has 7 nitrogen and oxygen atoms in total. The van der Waals surface area contributed by atoms with Gasteiger partial charge in [-0.2, -0.15) is 13.2 Å². The fourth-order valence-corrected chi connectivity index (χ4v) is 5.27. The molecule has 2 atom stereocenters. The number of carbonyl (C=O) groups is 3. The lowest BCUT2D eigenvalue weighted by molar-refractivity contribution is -0.145. The lowest BCUT2D eigenvalue weighted by atomic mass is 9.94. The number of carbonyl (C=O) groups excluding carboxylic acids is 3. The Kier molecular flexibility index (Phi) is 6.83. The average Bonchev–Trinajstić information content (AvgIpc) is 3.15. The van der Waals surface area contributed by atoms with Crippen LogP contribution in [-0.2, 0) is 15.8 Å². The SMILES string of the molecule is CCN1C(=O)N[C@@H](c2ccc(C(F)(F)F)cc2)C2=C1CN([C@@H](C(=O)N1CCCCC1)C(C)C)C2=O. The molecule has 4 amide bonds. The summed E-state index contributed by atoms with van der Waals surface area (Å²) in [4.78, 5) is 45.0. The fraction of sp³-hybridized carbons (Fsp3) is 0.560. The van der Waals surface area contributed by atoms with E-state index in [4.69, 9.17) is 0 Å². The van der Waals surface area contributed by atoms with E-state index in [0.29, 0.717) is 36.5 Å². The van der Waals surface area contributed by atoms with Gasteiger partial charge in [0, 0.05) is 19.6 Å². The number of hydrogen-bond donors (Lipinski definition) is 1. The highest BCUT2D eigenvalue weighted by atomic mass is 19.4. The molecular formula is C25H31F3N4O3. The molecule has 0 bridgehead atoms. The zero-order chi connectivity index (χ0) is 25.5. The van der Waals surface area contributed by atoms with Crippen molar-refractivity contribution in [2.75, 3.05) is 26.2 Å². The number of piperidine rings is 1. The third kappa shape index (κ3) is 4.62. The van der Waals surface area contributed by atoms with Crippen molar-refractivity contribution >= 4 is 17.8 Å². The summed E-state index contributed by atoms with van der Waals surface area (Å²) < 4.78 is 39.2. The molecule has 1 fully saturated rings. The van der Waals surface area contributed by atoms with Crippen molar-refractivity contribution < 1.29 is 27.6 Å². The van der Waals surface area contributed by atoms with E-state index in [1.807, 2.05) is 18.7 Å². The number of benzene rings is 1. The monoisotopic (exact) mass is 492 g/mol. The molecule has 190 valence electrons.